The van der Waals surface area contributed by atoms with E-state index in [4.69, 9.17) is 4.74 Å². The molecular weight excluding hydrogens is 312 g/mol. The molecular formula is C16H20N4O2S. The van der Waals surface area contributed by atoms with Crippen molar-refractivity contribution in [2.45, 2.75) is 25.5 Å². The Kier molecular flexibility index (Phi) is 4.70. The van der Waals surface area contributed by atoms with Crippen molar-refractivity contribution >= 4 is 22.4 Å². The Morgan fingerprint density at radius 1 is 1.43 bits per heavy atom. The number of nitrogens with zero attached hydrogens (tertiary/aromatic N) is 3. The standard InChI is InChI=1S/C16H20N4O2S/c1-16(2)10-22-13(12-6-4-3-5-7-12)8-20(16)9-14(21)18-15-19-17-11-23-15/h3-7,11,13H,8-10H2,1-2H3,(H,18,19,21). The molecule has 23 heavy (non-hydrogen) atoms. The Labute approximate surface area is 139 Å². The predicted molar refractivity (Wildman–Crippen MR) is 89.3 cm³/mol. The Morgan fingerprint density at radius 3 is 2.91 bits per heavy atom. The van der Waals surface area contributed by atoms with Crippen molar-refractivity contribution in [3.8, 4) is 0 Å². The molecule has 6 nitrogen and oxygen atoms in total. The molecule has 1 N–H and O–H groups in total. The Bertz CT molecular complexity index is 645. The monoisotopic (exact) mass is 332 g/mol. The lowest BCUT2D eigenvalue weighted by Gasteiger charge is -2.45. The first-order chi connectivity index (χ1) is 11.0. The van der Waals surface area contributed by atoms with E-state index in [1.165, 1.54) is 11.3 Å². The van der Waals surface area contributed by atoms with Crippen molar-refractivity contribution in [2.75, 3.05) is 25.0 Å². The molecule has 1 atom stereocenters. The van der Waals surface area contributed by atoms with Gasteiger partial charge in [0.25, 0.3) is 0 Å². The number of hydrogen-bond donors (Lipinski definition) is 1. The molecule has 1 aromatic heterocycles. The van der Waals surface area contributed by atoms with Crippen LogP contribution in [-0.4, -0.2) is 46.2 Å². The van der Waals surface area contributed by atoms with Crippen molar-refractivity contribution in [2.24, 2.45) is 0 Å². The van der Waals surface area contributed by atoms with E-state index in [-0.39, 0.29) is 17.6 Å². The second-order valence-electron chi connectivity index (χ2n) is 6.20. The van der Waals surface area contributed by atoms with Gasteiger partial charge in [0.15, 0.2) is 0 Å². The molecule has 1 aromatic carbocycles. The van der Waals surface area contributed by atoms with Crippen molar-refractivity contribution < 1.29 is 9.53 Å². The Balaban J connectivity index is 1.66. The fraction of sp³-hybridized carbons (Fsp3) is 0.438. The number of nitrogens with one attached hydrogen (secondary N) is 1. The number of ether oxygens (including phenoxy) is 1. The fourth-order valence-corrected chi connectivity index (χ4v) is 3.06. The zero-order chi connectivity index (χ0) is 16.3. The molecule has 1 aliphatic heterocycles. The van der Waals surface area contributed by atoms with Crippen LogP contribution >= 0.6 is 11.3 Å². The van der Waals surface area contributed by atoms with Crippen LogP contribution in [0.25, 0.3) is 0 Å². The molecule has 0 radical (unpaired) electrons. The first-order valence-corrected chi connectivity index (χ1v) is 8.40. The van der Waals surface area contributed by atoms with E-state index in [1.807, 2.05) is 18.2 Å². The zero-order valence-electron chi connectivity index (χ0n) is 13.2. The minimum absolute atomic E-state index is 0.0152. The maximum atomic E-state index is 12.3. The third kappa shape index (κ3) is 3.93. The molecule has 2 heterocycles. The Morgan fingerprint density at radius 2 is 2.22 bits per heavy atom. The molecule has 2 aromatic rings. The van der Waals surface area contributed by atoms with Crippen molar-refractivity contribution in [3.05, 3.63) is 41.4 Å². The Hall–Kier alpha value is -1.83. The molecule has 0 saturated carbocycles. The molecule has 122 valence electrons. The van der Waals surface area contributed by atoms with Crippen LogP contribution in [0.3, 0.4) is 0 Å². The first kappa shape index (κ1) is 16.0. The summed E-state index contributed by atoms with van der Waals surface area (Å²) in [5.41, 5.74) is 2.54. The van der Waals surface area contributed by atoms with Gasteiger partial charge in [-0.15, -0.1) is 10.2 Å². The summed E-state index contributed by atoms with van der Waals surface area (Å²) >= 11 is 1.31. The van der Waals surface area contributed by atoms with E-state index in [0.717, 1.165) is 5.56 Å². The van der Waals surface area contributed by atoms with Crippen LogP contribution in [0.4, 0.5) is 5.13 Å². The lowest BCUT2D eigenvalue weighted by atomic mass is 9.98. The number of anilines is 1. The number of amides is 1. The summed E-state index contributed by atoms with van der Waals surface area (Å²) in [6.45, 7) is 5.75. The van der Waals surface area contributed by atoms with Crippen molar-refractivity contribution in [1.29, 1.82) is 0 Å². The van der Waals surface area contributed by atoms with Gasteiger partial charge in [0.2, 0.25) is 11.0 Å². The minimum Gasteiger partial charge on any atom is -0.370 e. The number of benzene rings is 1. The molecule has 1 aliphatic rings. The molecule has 1 amide bonds. The maximum absolute atomic E-state index is 12.3. The zero-order valence-corrected chi connectivity index (χ0v) is 14.0. The third-order valence-electron chi connectivity index (χ3n) is 3.99. The van der Waals surface area contributed by atoms with Crippen LogP contribution in [0.5, 0.6) is 0 Å². The van der Waals surface area contributed by atoms with Crippen LogP contribution in [0.2, 0.25) is 0 Å². The molecule has 1 saturated heterocycles. The van der Waals surface area contributed by atoms with Crippen LogP contribution in [-0.2, 0) is 9.53 Å². The van der Waals surface area contributed by atoms with Crippen LogP contribution in [0.1, 0.15) is 25.5 Å². The summed E-state index contributed by atoms with van der Waals surface area (Å²) in [6, 6.07) is 10.1. The van der Waals surface area contributed by atoms with Gasteiger partial charge in [0.05, 0.1) is 19.3 Å². The number of carbonyl (C=O) groups excluding carboxylic acids is 1. The largest absolute Gasteiger partial charge is 0.370 e. The molecule has 1 fully saturated rings. The van der Waals surface area contributed by atoms with Crippen LogP contribution in [0, 0.1) is 0 Å². The van der Waals surface area contributed by atoms with Gasteiger partial charge in [-0.1, -0.05) is 41.7 Å². The highest BCUT2D eigenvalue weighted by Gasteiger charge is 2.36. The van der Waals surface area contributed by atoms with Crippen molar-refractivity contribution in [1.82, 2.24) is 15.1 Å². The second kappa shape index (κ2) is 6.74. The first-order valence-electron chi connectivity index (χ1n) is 7.52. The number of aromatic nitrogens is 2. The average molecular weight is 332 g/mol. The van der Waals surface area contributed by atoms with E-state index in [9.17, 15) is 4.79 Å². The summed E-state index contributed by atoms with van der Waals surface area (Å²) in [5, 5.41) is 10.9. The topological polar surface area (TPSA) is 67.3 Å². The highest BCUT2D eigenvalue weighted by atomic mass is 32.1. The quantitative estimate of drug-likeness (QED) is 0.931. The van der Waals surface area contributed by atoms with Gasteiger partial charge in [0.1, 0.15) is 5.51 Å². The van der Waals surface area contributed by atoms with Crippen molar-refractivity contribution in [3.63, 3.8) is 0 Å². The number of carbonyl (C=O) groups is 1. The number of rotatable bonds is 4. The summed E-state index contributed by atoms with van der Waals surface area (Å²) in [7, 11) is 0. The highest BCUT2D eigenvalue weighted by molar-refractivity contribution is 7.13. The number of hydrogen-bond acceptors (Lipinski definition) is 6. The van der Waals surface area contributed by atoms with Gasteiger partial charge in [0, 0.05) is 12.1 Å². The minimum atomic E-state index is -0.191. The molecule has 0 spiro atoms. The van der Waals surface area contributed by atoms with Gasteiger partial charge in [-0.25, -0.2) is 0 Å². The molecule has 0 aliphatic carbocycles. The third-order valence-corrected chi connectivity index (χ3v) is 4.60. The van der Waals surface area contributed by atoms with Gasteiger partial charge < -0.3 is 4.74 Å². The average Bonchev–Trinajstić information content (AvgIpc) is 3.03. The van der Waals surface area contributed by atoms with Gasteiger partial charge in [-0.3, -0.25) is 15.0 Å². The smallest absolute Gasteiger partial charge is 0.240 e. The summed E-state index contributed by atoms with van der Waals surface area (Å²) in [4.78, 5) is 14.4. The summed E-state index contributed by atoms with van der Waals surface area (Å²) in [6.07, 6.45) is -0.0152. The lowest BCUT2D eigenvalue weighted by Crippen LogP contribution is -2.55. The molecule has 7 heteroatoms. The van der Waals surface area contributed by atoms with Crippen LogP contribution < -0.4 is 5.32 Å². The van der Waals surface area contributed by atoms with E-state index in [2.05, 4.69) is 46.4 Å². The van der Waals surface area contributed by atoms with Crippen LogP contribution in [0.15, 0.2) is 35.8 Å². The molecule has 1 unspecified atom stereocenters. The maximum Gasteiger partial charge on any atom is 0.240 e. The van der Waals surface area contributed by atoms with E-state index in [0.29, 0.717) is 24.8 Å². The lowest BCUT2D eigenvalue weighted by molar-refractivity contribution is -0.128. The summed E-state index contributed by atoms with van der Waals surface area (Å²) < 4.78 is 6.00. The normalized spacial score (nSPS) is 21.0. The SMILES string of the molecule is CC1(C)COC(c2ccccc2)CN1CC(=O)Nc1nncs1. The van der Waals surface area contributed by atoms with Gasteiger partial charge >= 0.3 is 0 Å². The predicted octanol–water partition coefficient (Wildman–Crippen LogP) is 2.33. The summed E-state index contributed by atoms with van der Waals surface area (Å²) in [5.74, 6) is -0.0801. The van der Waals surface area contributed by atoms with E-state index < -0.39 is 0 Å². The van der Waals surface area contributed by atoms with E-state index >= 15 is 0 Å². The fourth-order valence-electron chi connectivity index (χ4n) is 2.60. The van der Waals surface area contributed by atoms with Gasteiger partial charge in [-0.2, -0.15) is 0 Å². The second-order valence-corrected chi connectivity index (χ2v) is 7.03. The number of morpholine rings is 1. The molecule has 0 bridgehead atoms. The van der Waals surface area contributed by atoms with E-state index in [1.54, 1.807) is 5.51 Å². The van der Waals surface area contributed by atoms with Gasteiger partial charge in [-0.05, 0) is 19.4 Å². The molecule has 3 rings (SSSR count). The highest BCUT2D eigenvalue weighted by Crippen LogP contribution is 2.30.